The van der Waals surface area contributed by atoms with Crippen LogP contribution in [0.5, 0.6) is 17.2 Å². The number of hydrogen-bond acceptors (Lipinski definition) is 7. The minimum Gasteiger partial charge on any atom is -0.493 e. The van der Waals surface area contributed by atoms with E-state index in [1.165, 1.54) is 0 Å². The number of ether oxygens (including phenoxy) is 3. The van der Waals surface area contributed by atoms with Crippen molar-refractivity contribution >= 4 is 11.6 Å². The van der Waals surface area contributed by atoms with Gasteiger partial charge in [0.15, 0.2) is 11.5 Å². The fraction of sp³-hybridized carbons (Fsp3) is 0.348. The molecule has 0 radical (unpaired) electrons. The van der Waals surface area contributed by atoms with Crippen molar-refractivity contribution in [2.45, 2.75) is 26.2 Å². The van der Waals surface area contributed by atoms with E-state index < -0.39 is 0 Å². The zero-order valence-corrected chi connectivity index (χ0v) is 18.3. The molecule has 0 saturated carbocycles. The number of carbonyl (C=O) groups is 1. The van der Waals surface area contributed by atoms with Crippen LogP contribution in [-0.2, 0) is 4.79 Å². The maximum Gasteiger partial charge on any atom is 0.232 e. The van der Waals surface area contributed by atoms with E-state index >= 15 is 0 Å². The summed E-state index contributed by atoms with van der Waals surface area (Å²) in [5, 5.41) is 4.12. The van der Waals surface area contributed by atoms with Gasteiger partial charge in [-0.1, -0.05) is 22.9 Å². The standard InChI is InChI=1S/C23H25N3O5/c1-13-6-7-17(14(2)8-13)26-12-16(11-20(26)27)23-24-22(25-31-23)15-9-18(28-3)21(30-5)19(10-15)29-4/h6-10,16H,11-12H2,1-5H3. The van der Waals surface area contributed by atoms with Crippen LogP contribution in [0.1, 0.15) is 29.4 Å². The van der Waals surface area contributed by atoms with Gasteiger partial charge in [-0.25, -0.2) is 0 Å². The maximum absolute atomic E-state index is 12.7. The highest BCUT2D eigenvalue weighted by Gasteiger charge is 2.35. The zero-order chi connectivity index (χ0) is 22.1. The molecule has 2 heterocycles. The summed E-state index contributed by atoms with van der Waals surface area (Å²) in [6.45, 7) is 4.55. The van der Waals surface area contributed by atoms with Gasteiger partial charge in [0.25, 0.3) is 0 Å². The van der Waals surface area contributed by atoms with Crippen LogP contribution < -0.4 is 19.1 Å². The molecule has 0 bridgehead atoms. The van der Waals surface area contributed by atoms with Crippen LogP contribution in [0, 0.1) is 13.8 Å². The molecule has 0 N–H and O–H groups in total. The summed E-state index contributed by atoms with van der Waals surface area (Å²) < 4.78 is 21.7. The van der Waals surface area contributed by atoms with Crippen LogP contribution in [0.4, 0.5) is 5.69 Å². The second kappa shape index (κ2) is 8.29. The van der Waals surface area contributed by atoms with Crippen molar-refractivity contribution in [2.24, 2.45) is 0 Å². The highest BCUT2D eigenvalue weighted by molar-refractivity contribution is 5.97. The molecule has 1 aromatic heterocycles. The first kappa shape index (κ1) is 20.7. The van der Waals surface area contributed by atoms with Gasteiger partial charge in [-0.2, -0.15) is 4.98 Å². The van der Waals surface area contributed by atoms with Crippen LogP contribution in [0.3, 0.4) is 0 Å². The Bertz CT molecular complexity index is 1100. The quantitative estimate of drug-likeness (QED) is 0.594. The third kappa shape index (κ3) is 3.81. The predicted molar refractivity (Wildman–Crippen MR) is 115 cm³/mol. The van der Waals surface area contributed by atoms with Crippen LogP contribution in [0.25, 0.3) is 11.4 Å². The molecule has 4 rings (SSSR count). The van der Waals surface area contributed by atoms with Gasteiger partial charge in [-0.15, -0.1) is 0 Å². The van der Waals surface area contributed by atoms with Crippen molar-refractivity contribution in [3.8, 4) is 28.6 Å². The lowest BCUT2D eigenvalue weighted by Crippen LogP contribution is -2.25. The van der Waals surface area contributed by atoms with Gasteiger partial charge < -0.3 is 23.6 Å². The molecule has 1 saturated heterocycles. The first-order valence-corrected chi connectivity index (χ1v) is 9.96. The van der Waals surface area contributed by atoms with E-state index in [9.17, 15) is 4.79 Å². The Morgan fingerprint density at radius 2 is 1.74 bits per heavy atom. The summed E-state index contributed by atoms with van der Waals surface area (Å²) in [5.74, 6) is 2.19. The molecule has 2 aromatic carbocycles. The van der Waals surface area contributed by atoms with Gasteiger partial charge in [0, 0.05) is 24.2 Å². The van der Waals surface area contributed by atoms with Crippen molar-refractivity contribution in [2.75, 3.05) is 32.8 Å². The molecule has 1 amide bonds. The summed E-state index contributed by atoms with van der Waals surface area (Å²) in [7, 11) is 4.65. The largest absolute Gasteiger partial charge is 0.493 e. The number of methoxy groups -OCH3 is 3. The fourth-order valence-electron chi connectivity index (χ4n) is 3.94. The molecular weight excluding hydrogens is 398 g/mol. The molecule has 8 nitrogen and oxygen atoms in total. The predicted octanol–water partition coefficient (Wildman–Crippen LogP) is 3.90. The number of carbonyl (C=O) groups excluding carboxylic acids is 1. The lowest BCUT2D eigenvalue weighted by atomic mass is 10.1. The van der Waals surface area contributed by atoms with Gasteiger partial charge in [-0.05, 0) is 37.6 Å². The molecule has 31 heavy (non-hydrogen) atoms. The Kier molecular flexibility index (Phi) is 5.54. The average Bonchev–Trinajstić information content (AvgIpc) is 3.40. The lowest BCUT2D eigenvalue weighted by molar-refractivity contribution is -0.117. The lowest BCUT2D eigenvalue weighted by Gasteiger charge is -2.19. The molecule has 8 heteroatoms. The van der Waals surface area contributed by atoms with Crippen LogP contribution >= 0.6 is 0 Å². The minimum atomic E-state index is -0.170. The van der Waals surface area contributed by atoms with Crippen molar-refractivity contribution in [1.29, 1.82) is 0 Å². The Morgan fingerprint density at radius 3 is 2.35 bits per heavy atom. The number of nitrogens with zero attached hydrogens (tertiary/aromatic N) is 3. The summed E-state index contributed by atoms with van der Waals surface area (Å²) in [6, 6.07) is 9.60. The number of rotatable bonds is 6. The first-order valence-electron chi connectivity index (χ1n) is 9.96. The number of hydrogen-bond donors (Lipinski definition) is 0. The molecule has 1 atom stereocenters. The minimum absolute atomic E-state index is 0.0458. The van der Waals surface area contributed by atoms with E-state index in [0.717, 1.165) is 16.8 Å². The molecular formula is C23H25N3O5. The number of benzene rings is 2. The van der Waals surface area contributed by atoms with Crippen molar-refractivity contribution < 1.29 is 23.5 Å². The highest BCUT2D eigenvalue weighted by atomic mass is 16.5. The van der Waals surface area contributed by atoms with Gasteiger partial charge in [0.2, 0.25) is 23.4 Å². The van der Waals surface area contributed by atoms with E-state index in [2.05, 4.69) is 16.2 Å². The monoisotopic (exact) mass is 423 g/mol. The van der Waals surface area contributed by atoms with Gasteiger partial charge in [0.05, 0.1) is 27.2 Å². The molecule has 1 fully saturated rings. The van der Waals surface area contributed by atoms with Crippen molar-refractivity contribution in [3.05, 3.63) is 47.3 Å². The van der Waals surface area contributed by atoms with E-state index in [4.69, 9.17) is 18.7 Å². The average molecular weight is 423 g/mol. The summed E-state index contributed by atoms with van der Waals surface area (Å²) >= 11 is 0. The van der Waals surface area contributed by atoms with E-state index in [-0.39, 0.29) is 11.8 Å². The topological polar surface area (TPSA) is 86.9 Å². The smallest absolute Gasteiger partial charge is 0.232 e. The molecule has 0 aliphatic carbocycles. The van der Waals surface area contributed by atoms with Crippen LogP contribution in [0.2, 0.25) is 0 Å². The maximum atomic E-state index is 12.7. The first-order chi connectivity index (χ1) is 14.9. The SMILES string of the molecule is COc1cc(-c2noc(C3CC(=O)N(c4ccc(C)cc4C)C3)n2)cc(OC)c1OC. The Labute approximate surface area is 180 Å². The summed E-state index contributed by atoms with van der Waals surface area (Å²) in [4.78, 5) is 19.1. The molecule has 3 aromatic rings. The summed E-state index contributed by atoms with van der Waals surface area (Å²) in [6.07, 6.45) is 0.324. The van der Waals surface area contributed by atoms with E-state index in [1.807, 2.05) is 26.0 Å². The Balaban J connectivity index is 1.60. The third-order valence-electron chi connectivity index (χ3n) is 5.48. The normalized spacial score (nSPS) is 16.0. The fourth-order valence-corrected chi connectivity index (χ4v) is 3.94. The number of anilines is 1. The van der Waals surface area contributed by atoms with Gasteiger partial charge in [-0.3, -0.25) is 4.79 Å². The molecule has 1 aliphatic heterocycles. The molecule has 0 spiro atoms. The van der Waals surface area contributed by atoms with E-state index in [0.29, 0.717) is 47.5 Å². The highest BCUT2D eigenvalue weighted by Crippen LogP contribution is 2.41. The second-order valence-corrected chi connectivity index (χ2v) is 7.57. The third-order valence-corrected chi connectivity index (χ3v) is 5.48. The van der Waals surface area contributed by atoms with Crippen LogP contribution in [0.15, 0.2) is 34.9 Å². The molecule has 1 aliphatic rings. The second-order valence-electron chi connectivity index (χ2n) is 7.57. The Morgan fingerprint density at radius 1 is 1.03 bits per heavy atom. The number of aromatic nitrogens is 2. The van der Waals surface area contributed by atoms with Crippen LogP contribution in [-0.4, -0.2) is 43.9 Å². The Hall–Kier alpha value is -3.55. The van der Waals surface area contributed by atoms with Gasteiger partial charge in [0.1, 0.15) is 0 Å². The zero-order valence-electron chi connectivity index (χ0n) is 18.3. The molecule has 1 unspecified atom stereocenters. The van der Waals surface area contributed by atoms with Gasteiger partial charge >= 0.3 is 0 Å². The van der Waals surface area contributed by atoms with Crippen molar-refractivity contribution in [3.63, 3.8) is 0 Å². The van der Waals surface area contributed by atoms with E-state index in [1.54, 1.807) is 38.4 Å². The molecule has 162 valence electrons. The number of amides is 1. The summed E-state index contributed by atoms with van der Waals surface area (Å²) in [5.41, 5.74) is 3.82. The number of aryl methyl sites for hydroxylation is 2. The van der Waals surface area contributed by atoms with Crippen molar-refractivity contribution in [1.82, 2.24) is 10.1 Å².